The normalized spacial score (nSPS) is 10.6. The maximum atomic E-state index is 10.7. The third-order valence-corrected chi connectivity index (χ3v) is 2.22. The number of halogens is 1. The second kappa shape index (κ2) is 3.26. The minimum atomic E-state index is -0.459. The fourth-order valence-corrected chi connectivity index (χ4v) is 1.46. The molecule has 2 rings (SSSR count). The lowest BCUT2D eigenvalue weighted by Crippen LogP contribution is -1.91. The summed E-state index contributed by atoms with van der Waals surface area (Å²) in [6.45, 7) is 0. The van der Waals surface area contributed by atoms with Crippen molar-refractivity contribution in [2.24, 2.45) is 0 Å². The largest absolute Gasteiger partial charge is 0.344 e. The van der Waals surface area contributed by atoms with Crippen molar-refractivity contribution in [1.29, 1.82) is 0 Å². The summed E-state index contributed by atoms with van der Waals surface area (Å²) in [5.74, 6) is 0.246. The molecule has 2 aromatic rings. The second-order valence-corrected chi connectivity index (χ2v) is 3.07. The summed E-state index contributed by atoms with van der Waals surface area (Å²) < 4.78 is 0. The van der Waals surface area contributed by atoms with Gasteiger partial charge in [-0.15, -0.1) is 11.6 Å². The highest BCUT2D eigenvalue weighted by Crippen LogP contribution is 2.25. The van der Waals surface area contributed by atoms with Gasteiger partial charge in [-0.1, -0.05) is 0 Å². The first-order chi connectivity index (χ1) is 6.72. The maximum Gasteiger partial charge on any atom is 0.297 e. The number of nitro benzene ring substituents is 1. The third-order valence-electron chi connectivity index (χ3n) is 1.91. The number of hydrogen-bond donors (Lipinski definition) is 1. The molecule has 1 heterocycles. The standard InChI is InChI=1S/C8H6ClN3O2/c9-3-5-1-6-8(11-4-10-6)7(2-5)12(13)14/h1-2,4H,3H2,(H,10,11). The molecule has 0 saturated heterocycles. The molecule has 0 unspecified atom stereocenters. The summed E-state index contributed by atoms with van der Waals surface area (Å²) in [5, 5.41) is 10.7. The van der Waals surface area contributed by atoms with E-state index in [0.29, 0.717) is 16.6 Å². The summed E-state index contributed by atoms with van der Waals surface area (Å²) in [6.07, 6.45) is 1.43. The van der Waals surface area contributed by atoms with E-state index in [1.165, 1.54) is 12.4 Å². The first kappa shape index (κ1) is 8.96. The minimum absolute atomic E-state index is 0.0144. The van der Waals surface area contributed by atoms with Gasteiger partial charge in [0.25, 0.3) is 5.69 Å². The maximum absolute atomic E-state index is 10.7. The molecular formula is C8H6ClN3O2. The number of benzene rings is 1. The van der Waals surface area contributed by atoms with E-state index < -0.39 is 4.92 Å². The van der Waals surface area contributed by atoms with Crippen LogP contribution in [-0.4, -0.2) is 14.9 Å². The lowest BCUT2D eigenvalue weighted by atomic mass is 10.2. The van der Waals surface area contributed by atoms with Gasteiger partial charge in [0, 0.05) is 11.9 Å². The lowest BCUT2D eigenvalue weighted by molar-refractivity contribution is -0.383. The van der Waals surface area contributed by atoms with Crippen LogP contribution in [0.2, 0.25) is 0 Å². The van der Waals surface area contributed by atoms with E-state index in [1.807, 2.05) is 0 Å². The van der Waals surface area contributed by atoms with E-state index in [4.69, 9.17) is 11.6 Å². The Morgan fingerprint density at radius 1 is 1.57 bits per heavy atom. The quantitative estimate of drug-likeness (QED) is 0.470. The molecular weight excluding hydrogens is 206 g/mol. The predicted molar refractivity (Wildman–Crippen MR) is 52.3 cm³/mol. The minimum Gasteiger partial charge on any atom is -0.344 e. The number of non-ortho nitro benzene ring substituents is 1. The van der Waals surface area contributed by atoms with Gasteiger partial charge in [0.05, 0.1) is 16.8 Å². The van der Waals surface area contributed by atoms with Gasteiger partial charge < -0.3 is 4.98 Å². The first-order valence-corrected chi connectivity index (χ1v) is 4.42. The highest BCUT2D eigenvalue weighted by molar-refractivity contribution is 6.17. The van der Waals surface area contributed by atoms with Crippen molar-refractivity contribution < 1.29 is 4.92 Å². The van der Waals surface area contributed by atoms with Crippen LogP contribution in [0.15, 0.2) is 18.5 Å². The van der Waals surface area contributed by atoms with Crippen LogP contribution in [-0.2, 0) is 5.88 Å². The molecule has 0 bridgehead atoms. The SMILES string of the molecule is O=[N+]([O-])c1cc(CCl)cc2[nH]cnc12. The number of rotatable bonds is 2. The fourth-order valence-electron chi connectivity index (χ4n) is 1.31. The Bertz CT molecular complexity index is 494. The van der Waals surface area contributed by atoms with Gasteiger partial charge in [-0.25, -0.2) is 4.98 Å². The Morgan fingerprint density at radius 3 is 3.00 bits per heavy atom. The molecule has 5 nitrogen and oxygen atoms in total. The molecule has 0 aliphatic carbocycles. The van der Waals surface area contributed by atoms with Crippen molar-refractivity contribution in [2.45, 2.75) is 5.88 Å². The van der Waals surface area contributed by atoms with E-state index >= 15 is 0 Å². The van der Waals surface area contributed by atoms with Gasteiger partial charge in [0.15, 0.2) is 5.52 Å². The number of fused-ring (bicyclic) bond motifs is 1. The number of nitrogens with one attached hydrogen (secondary N) is 1. The molecule has 0 amide bonds. The highest BCUT2D eigenvalue weighted by atomic mass is 35.5. The molecule has 0 radical (unpaired) electrons. The molecule has 14 heavy (non-hydrogen) atoms. The summed E-state index contributed by atoms with van der Waals surface area (Å²) in [6, 6.07) is 3.19. The smallest absolute Gasteiger partial charge is 0.297 e. The number of hydrogen-bond acceptors (Lipinski definition) is 3. The Labute approximate surface area is 83.9 Å². The molecule has 0 spiro atoms. The number of nitrogens with zero attached hydrogens (tertiary/aromatic N) is 2. The van der Waals surface area contributed by atoms with Crippen LogP contribution in [0.25, 0.3) is 11.0 Å². The Hall–Kier alpha value is -1.62. The average molecular weight is 212 g/mol. The zero-order valence-electron chi connectivity index (χ0n) is 7.03. The van der Waals surface area contributed by atoms with Gasteiger partial charge in [-0.2, -0.15) is 0 Å². The molecule has 0 aliphatic rings. The molecule has 1 aromatic carbocycles. The number of aromatic nitrogens is 2. The average Bonchev–Trinajstić information content (AvgIpc) is 2.63. The van der Waals surface area contributed by atoms with E-state index in [9.17, 15) is 10.1 Å². The van der Waals surface area contributed by atoms with Crippen molar-refractivity contribution in [3.63, 3.8) is 0 Å². The highest BCUT2D eigenvalue weighted by Gasteiger charge is 2.15. The van der Waals surface area contributed by atoms with Gasteiger partial charge in [0.1, 0.15) is 0 Å². The van der Waals surface area contributed by atoms with Gasteiger partial charge in [0.2, 0.25) is 0 Å². The van der Waals surface area contributed by atoms with E-state index in [-0.39, 0.29) is 11.6 Å². The van der Waals surface area contributed by atoms with E-state index in [2.05, 4.69) is 9.97 Å². The van der Waals surface area contributed by atoms with Crippen LogP contribution >= 0.6 is 11.6 Å². The summed E-state index contributed by atoms with van der Waals surface area (Å²) >= 11 is 5.61. The Balaban J connectivity index is 2.76. The first-order valence-electron chi connectivity index (χ1n) is 3.88. The van der Waals surface area contributed by atoms with Crippen LogP contribution in [0.5, 0.6) is 0 Å². The number of alkyl halides is 1. The molecule has 0 aliphatic heterocycles. The molecule has 6 heteroatoms. The second-order valence-electron chi connectivity index (χ2n) is 2.80. The topological polar surface area (TPSA) is 71.8 Å². The zero-order chi connectivity index (χ0) is 10.1. The van der Waals surface area contributed by atoms with Crippen molar-refractivity contribution in [2.75, 3.05) is 0 Å². The monoisotopic (exact) mass is 211 g/mol. The number of H-pyrrole nitrogens is 1. The molecule has 1 N–H and O–H groups in total. The van der Waals surface area contributed by atoms with Crippen LogP contribution in [0.4, 0.5) is 5.69 Å². The third kappa shape index (κ3) is 1.31. The van der Waals surface area contributed by atoms with Crippen molar-refractivity contribution in [3.8, 4) is 0 Å². The molecule has 0 atom stereocenters. The predicted octanol–water partition coefficient (Wildman–Crippen LogP) is 2.21. The zero-order valence-corrected chi connectivity index (χ0v) is 7.78. The van der Waals surface area contributed by atoms with Gasteiger partial charge in [-0.3, -0.25) is 10.1 Å². The summed E-state index contributed by atoms with van der Waals surface area (Å²) in [4.78, 5) is 16.9. The van der Waals surface area contributed by atoms with Crippen LogP contribution in [0, 0.1) is 10.1 Å². The van der Waals surface area contributed by atoms with Crippen molar-refractivity contribution in [3.05, 3.63) is 34.1 Å². The molecule has 0 fully saturated rings. The molecule has 0 saturated carbocycles. The Kier molecular flexibility index (Phi) is 2.09. The molecule has 1 aromatic heterocycles. The summed E-state index contributed by atoms with van der Waals surface area (Å²) in [7, 11) is 0. The van der Waals surface area contributed by atoms with E-state index in [1.54, 1.807) is 6.07 Å². The van der Waals surface area contributed by atoms with Gasteiger partial charge >= 0.3 is 0 Å². The number of nitro groups is 1. The summed E-state index contributed by atoms with van der Waals surface area (Å²) in [5.41, 5.74) is 1.69. The lowest BCUT2D eigenvalue weighted by Gasteiger charge is -1.96. The molecule has 72 valence electrons. The fraction of sp³-hybridized carbons (Fsp3) is 0.125. The van der Waals surface area contributed by atoms with Crippen molar-refractivity contribution >= 4 is 28.3 Å². The number of imidazole rings is 1. The van der Waals surface area contributed by atoms with Crippen molar-refractivity contribution in [1.82, 2.24) is 9.97 Å². The van der Waals surface area contributed by atoms with Crippen LogP contribution in [0.1, 0.15) is 5.56 Å². The van der Waals surface area contributed by atoms with Gasteiger partial charge in [-0.05, 0) is 11.6 Å². The van der Waals surface area contributed by atoms with Crippen LogP contribution in [0.3, 0.4) is 0 Å². The van der Waals surface area contributed by atoms with Crippen LogP contribution < -0.4 is 0 Å². The Morgan fingerprint density at radius 2 is 2.36 bits per heavy atom. The number of aromatic amines is 1. The van der Waals surface area contributed by atoms with E-state index in [0.717, 1.165) is 0 Å².